The molecule has 2 aromatic heterocycles. The number of hydrogen-bond acceptors (Lipinski definition) is 6. The summed E-state index contributed by atoms with van der Waals surface area (Å²) in [5, 5.41) is 2.89. The molecule has 1 fully saturated rings. The molecular formula is C23H27N5O2. The number of nitrogens with zero attached hydrogens (tertiary/aromatic N) is 4. The minimum absolute atomic E-state index is 0.254. The van der Waals surface area contributed by atoms with Gasteiger partial charge in [0, 0.05) is 50.8 Å². The van der Waals surface area contributed by atoms with Crippen LogP contribution in [0.1, 0.15) is 33.1 Å². The lowest BCUT2D eigenvalue weighted by atomic mass is 10.1. The van der Waals surface area contributed by atoms with E-state index in [2.05, 4.69) is 37.2 Å². The molecule has 1 aliphatic rings. The number of oxazole rings is 1. The number of aryl methyl sites for hydroxylation is 2. The van der Waals surface area contributed by atoms with E-state index in [9.17, 15) is 4.79 Å². The second-order valence-corrected chi connectivity index (χ2v) is 7.79. The minimum Gasteiger partial charge on any atom is -0.447 e. The zero-order valence-corrected chi connectivity index (χ0v) is 17.5. The van der Waals surface area contributed by atoms with Gasteiger partial charge in [-0.3, -0.25) is 19.6 Å². The Labute approximate surface area is 176 Å². The summed E-state index contributed by atoms with van der Waals surface area (Å²) in [6.45, 7) is 9.49. The van der Waals surface area contributed by atoms with Crippen molar-refractivity contribution in [2.24, 2.45) is 0 Å². The van der Waals surface area contributed by atoms with Crippen LogP contribution in [0.5, 0.6) is 0 Å². The first-order valence-electron chi connectivity index (χ1n) is 10.2. The quantitative estimate of drug-likeness (QED) is 0.679. The molecule has 0 unspecified atom stereocenters. The van der Waals surface area contributed by atoms with Crippen LogP contribution in [0.4, 0.5) is 5.69 Å². The normalized spacial score (nSPS) is 15.3. The van der Waals surface area contributed by atoms with Gasteiger partial charge in [-0.25, -0.2) is 4.98 Å². The summed E-state index contributed by atoms with van der Waals surface area (Å²) in [6, 6.07) is 9.97. The number of pyridine rings is 1. The largest absolute Gasteiger partial charge is 0.447 e. The maximum absolute atomic E-state index is 12.5. The van der Waals surface area contributed by atoms with Crippen LogP contribution in [0.2, 0.25) is 0 Å². The molecule has 0 bridgehead atoms. The van der Waals surface area contributed by atoms with Gasteiger partial charge in [0.15, 0.2) is 5.69 Å². The van der Waals surface area contributed by atoms with Crippen molar-refractivity contribution >= 4 is 11.6 Å². The van der Waals surface area contributed by atoms with Crippen LogP contribution in [0.3, 0.4) is 0 Å². The van der Waals surface area contributed by atoms with E-state index in [-0.39, 0.29) is 5.91 Å². The second kappa shape index (κ2) is 9.19. The Morgan fingerprint density at radius 3 is 2.40 bits per heavy atom. The maximum atomic E-state index is 12.5. The Bertz CT molecular complexity index is 994. The van der Waals surface area contributed by atoms with Gasteiger partial charge in [-0.1, -0.05) is 6.07 Å². The van der Waals surface area contributed by atoms with Gasteiger partial charge in [-0.15, -0.1) is 0 Å². The van der Waals surface area contributed by atoms with Gasteiger partial charge in [0.2, 0.25) is 5.89 Å². The third kappa shape index (κ3) is 5.11. The number of carbonyl (C=O) groups is 1. The third-order valence-corrected chi connectivity index (χ3v) is 5.53. The first-order chi connectivity index (χ1) is 14.6. The molecule has 156 valence electrons. The van der Waals surface area contributed by atoms with Crippen LogP contribution in [0.15, 0.2) is 53.4 Å². The number of aromatic nitrogens is 2. The summed E-state index contributed by atoms with van der Waals surface area (Å²) < 4.78 is 5.56. The van der Waals surface area contributed by atoms with E-state index in [1.54, 1.807) is 0 Å². The molecule has 1 aromatic carbocycles. The lowest BCUT2D eigenvalue weighted by Gasteiger charge is -2.33. The Balaban J connectivity index is 1.27. The van der Waals surface area contributed by atoms with Crippen molar-refractivity contribution in [1.29, 1.82) is 0 Å². The Kier molecular flexibility index (Phi) is 6.21. The number of carbonyl (C=O) groups excluding carboxylic acids is 1. The summed E-state index contributed by atoms with van der Waals surface area (Å²) >= 11 is 0. The van der Waals surface area contributed by atoms with Crippen molar-refractivity contribution in [2.45, 2.75) is 26.9 Å². The maximum Gasteiger partial charge on any atom is 0.277 e. The van der Waals surface area contributed by atoms with Crippen molar-refractivity contribution in [3.8, 4) is 0 Å². The summed E-state index contributed by atoms with van der Waals surface area (Å²) in [6.07, 6.45) is 5.11. The molecule has 0 atom stereocenters. The standard InChI is InChI=1S/C23H27N5O2/c1-17-3-4-20(13-18(17)2)25-23(29)21-16-30-22(26-21)15-28-11-9-27(10-12-28)14-19-5-7-24-8-6-19/h3-8,13,16H,9-12,14-15H2,1-2H3,(H,25,29). The summed E-state index contributed by atoms with van der Waals surface area (Å²) in [4.78, 5) is 25.7. The Hall–Kier alpha value is -3.03. The molecule has 30 heavy (non-hydrogen) atoms. The van der Waals surface area contributed by atoms with Gasteiger partial charge >= 0.3 is 0 Å². The van der Waals surface area contributed by atoms with E-state index in [0.29, 0.717) is 18.1 Å². The summed E-state index contributed by atoms with van der Waals surface area (Å²) in [5.41, 5.74) is 4.68. The van der Waals surface area contributed by atoms with Gasteiger partial charge in [0.1, 0.15) is 6.26 Å². The number of anilines is 1. The monoisotopic (exact) mass is 405 g/mol. The van der Waals surface area contributed by atoms with Gasteiger partial charge in [-0.2, -0.15) is 0 Å². The molecule has 3 heterocycles. The predicted molar refractivity (Wildman–Crippen MR) is 115 cm³/mol. The zero-order valence-electron chi connectivity index (χ0n) is 17.5. The fraction of sp³-hybridized carbons (Fsp3) is 0.348. The molecule has 3 aromatic rings. The van der Waals surface area contributed by atoms with E-state index in [1.807, 2.05) is 44.4 Å². The smallest absolute Gasteiger partial charge is 0.277 e. The number of piperazine rings is 1. The van der Waals surface area contributed by atoms with Crippen molar-refractivity contribution < 1.29 is 9.21 Å². The van der Waals surface area contributed by atoms with Gasteiger partial charge in [0.25, 0.3) is 5.91 Å². The first kappa shape index (κ1) is 20.3. The van der Waals surface area contributed by atoms with Crippen LogP contribution < -0.4 is 5.32 Å². The molecular weight excluding hydrogens is 378 g/mol. The van der Waals surface area contributed by atoms with Crippen molar-refractivity contribution in [1.82, 2.24) is 19.8 Å². The first-order valence-corrected chi connectivity index (χ1v) is 10.2. The molecule has 1 aliphatic heterocycles. The number of benzene rings is 1. The van der Waals surface area contributed by atoms with Gasteiger partial charge in [-0.05, 0) is 54.8 Å². The van der Waals surface area contributed by atoms with Crippen molar-refractivity contribution in [3.05, 3.63) is 77.3 Å². The summed E-state index contributed by atoms with van der Waals surface area (Å²) in [5.74, 6) is 0.318. The highest BCUT2D eigenvalue weighted by Gasteiger charge is 2.20. The van der Waals surface area contributed by atoms with E-state index >= 15 is 0 Å². The SMILES string of the molecule is Cc1ccc(NC(=O)c2coc(CN3CCN(Cc4ccncc4)CC3)n2)cc1C. The van der Waals surface area contributed by atoms with Crippen LogP contribution >= 0.6 is 0 Å². The molecule has 0 aliphatic carbocycles. The zero-order chi connectivity index (χ0) is 20.9. The molecule has 0 radical (unpaired) electrons. The average Bonchev–Trinajstić information content (AvgIpc) is 3.22. The van der Waals surface area contributed by atoms with Crippen LogP contribution in [0.25, 0.3) is 0 Å². The van der Waals surface area contributed by atoms with Crippen LogP contribution in [-0.2, 0) is 13.1 Å². The fourth-order valence-corrected chi connectivity index (χ4v) is 3.55. The molecule has 0 spiro atoms. The topological polar surface area (TPSA) is 74.5 Å². The molecule has 7 heteroatoms. The van der Waals surface area contributed by atoms with Crippen LogP contribution in [0, 0.1) is 13.8 Å². The lowest BCUT2D eigenvalue weighted by molar-refractivity contribution is 0.102. The number of hydrogen-bond donors (Lipinski definition) is 1. The summed E-state index contributed by atoms with van der Waals surface area (Å²) in [7, 11) is 0. The molecule has 1 amide bonds. The second-order valence-electron chi connectivity index (χ2n) is 7.79. The van der Waals surface area contributed by atoms with E-state index in [0.717, 1.165) is 44.0 Å². The van der Waals surface area contributed by atoms with Gasteiger partial charge in [0.05, 0.1) is 6.54 Å². The van der Waals surface area contributed by atoms with E-state index in [4.69, 9.17) is 4.42 Å². The Morgan fingerprint density at radius 2 is 1.70 bits per heavy atom. The lowest BCUT2D eigenvalue weighted by Crippen LogP contribution is -2.45. The molecule has 1 saturated heterocycles. The fourth-order valence-electron chi connectivity index (χ4n) is 3.55. The number of rotatable bonds is 6. The number of nitrogens with one attached hydrogen (secondary N) is 1. The third-order valence-electron chi connectivity index (χ3n) is 5.53. The highest BCUT2D eigenvalue weighted by atomic mass is 16.3. The Morgan fingerprint density at radius 1 is 1.00 bits per heavy atom. The average molecular weight is 406 g/mol. The number of amides is 1. The van der Waals surface area contributed by atoms with Crippen molar-refractivity contribution in [2.75, 3.05) is 31.5 Å². The molecule has 0 saturated carbocycles. The minimum atomic E-state index is -0.254. The van der Waals surface area contributed by atoms with Gasteiger partial charge < -0.3 is 9.73 Å². The highest BCUT2D eigenvalue weighted by Crippen LogP contribution is 2.16. The highest BCUT2D eigenvalue weighted by molar-refractivity contribution is 6.02. The molecule has 1 N–H and O–H groups in total. The van der Waals surface area contributed by atoms with E-state index < -0.39 is 0 Å². The van der Waals surface area contributed by atoms with E-state index in [1.165, 1.54) is 17.4 Å². The predicted octanol–water partition coefficient (Wildman–Crippen LogP) is 3.26. The molecule has 4 rings (SSSR count). The van der Waals surface area contributed by atoms with Crippen LogP contribution in [-0.4, -0.2) is 51.9 Å². The van der Waals surface area contributed by atoms with Crippen molar-refractivity contribution in [3.63, 3.8) is 0 Å². The molecule has 7 nitrogen and oxygen atoms in total.